The smallest absolute Gasteiger partial charge is 0.235 e. The molecule has 0 bridgehead atoms. The van der Waals surface area contributed by atoms with E-state index in [0.29, 0.717) is 36.4 Å². The molecule has 1 aromatic rings. The number of aromatic nitrogens is 1. The highest BCUT2D eigenvalue weighted by atomic mass is 79.9. The largest absolute Gasteiger partial charge is 0.474 e. The molecule has 3 rings (SSSR count). The second-order valence-electron chi connectivity index (χ2n) is 8.81. The van der Waals surface area contributed by atoms with Crippen LogP contribution in [0.2, 0.25) is 0 Å². The number of hydrogen-bond donors (Lipinski definition) is 0. The van der Waals surface area contributed by atoms with Crippen molar-refractivity contribution < 1.29 is 9.47 Å². The first kappa shape index (κ1) is 18.4. The van der Waals surface area contributed by atoms with Gasteiger partial charge in [0.1, 0.15) is 24.6 Å². The fourth-order valence-corrected chi connectivity index (χ4v) is 3.07. The zero-order valence-corrected chi connectivity index (χ0v) is 17.3. The lowest BCUT2D eigenvalue weighted by atomic mass is 9.88. The molecular weight excluding hydrogens is 382 g/mol. The standard InChI is InChI=1S/C19H26BrN3O2/c1-18(2,3)14-9-24-16(22-14)12-7-11(20)8-13(21-12)17-23-15(10-25-17)19(4,5)6/h7-8,14-15H,9-10H2,1-6H3. The Bertz CT molecular complexity index is 671. The van der Waals surface area contributed by atoms with Crippen LogP contribution in [0.5, 0.6) is 0 Å². The lowest BCUT2D eigenvalue weighted by molar-refractivity contribution is 0.235. The van der Waals surface area contributed by atoms with E-state index < -0.39 is 0 Å². The van der Waals surface area contributed by atoms with Gasteiger partial charge in [0.15, 0.2) is 0 Å². The van der Waals surface area contributed by atoms with E-state index in [1.165, 1.54) is 0 Å². The van der Waals surface area contributed by atoms with Crippen LogP contribution in [0.1, 0.15) is 52.9 Å². The van der Waals surface area contributed by atoms with E-state index in [4.69, 9.17) is 19.5 Å². The predicted octanol–water partition coefficient (Wildman–Crippen LogP) is 4.23. The number of aliphatic imine (C=N–C) groups is 2. The number of hydrogen-bond acceptors (Lipinski definition) is 5. The molecule has 2 unspecified atom stereocenters. The molecule has 2 atom stereocenters. The topological polar surface area (TPSA) is 56.1 Å². The zero-order valence-electron chi connectivity index (χ0n) is 15.8. The van der Waals surface area contributed by atoms with E-state index in [1.54, 1.807) is 0 Å². The van der Waals surface area contributed by atoms with E-state index in [9.17, 15) is 0 Å². The summed E-state index contributed by atoms with van der Waals surface area (Å²) in [7, 11) is 0. The van der Waals surface area contributed by atoms with Crippen molar-refractivity contribution >= 4 is 27.7 Å². The molecule has 0 N–H and O–H groups in total. The number of pyridine rings is 1. The monoisotopic (exact) mass is 407 g/mol. The molecule has 0 saturated carbocycles. The van der Waals surface area contributed by atoms with E-state index >= 15 is 0 Å². The maximum absolute atomic E-state index is 5.81. The van der Waals surface area contributed by atoms with E-state index in [0.717, 1.165) is 4.47 Å². The second kappa shape index (κ2) is 6.38. The predicted molar refractivity (Wildman–Crippen MR) is 103 cm³/mol. The summed E-state index contributed by atoms with van der Waals surface area (Å²) in [6, 6.07) is 4.11. The van der Waals surface area contributed by atoms with Gasteiger partial charge in [-0.25, -0.2) is 15.0 Å². The molecule has 136 valence electrons. The SMILES string of the molecule is CC(C)(C)C1COC(c2cc(Br)cc(C3=NC(C(C)(C)C)CO3)n2)=N1. The molecule has 2 aliphatic rings. The van der Waals surface area contributed by atoms with Gasteiger partial charge in [0.05, 0.1) is 12.1 Å². The number of ether oxygens (including phenoxy) is 2. The molecule has 5 nitrogen and oxygen atoms in total. The molecule has 0 fully saturated rings. The van der Waals surface area contributed by atoms with Crippen LogP contribution in [0.25, 0.3) is 0 Å². The minimum Gasteiger partial charge on any atom is -0.474 e. The van der Waals surface area contributed by atoms with Crippen LogP contribution < -0.4 is 0 Å². The van der Waals surface area contributed by atoms with Crippen molar-refractivity contribution in [2.45, 2.75) is 53.6 Å². The fourth-order valence-electron chi connectivity index (χ4n) is 2.63. The van der Waals surface area contributed by atoms with E-state index in [-0.39, 0.29) is 22.9 Å². The maximum Gasteiger partial charge on any atom is 0.235 e. The molecule has 0 amide bonds. The Kier molecular flexibility index (Phi) is 4.69. The molecular formula is C19H26BrN3O2. The second-order valence-corrected chi connectivity index (χ2v) is 9.73. The highest BCUT2D eigenvalue weighted by molar-refractivity contribution is 9.10. The van der Waals surface area contributed by atoms with Crippen molar-refractivity contribution in [3.05, 3.63) is 28.0 Å². The van der Waals surface area contributed by atoms with Gasteiger partial charge < -0.3 is 9.47 Å². The molecule has 2 aliphatic heterocycles. The maximum atomic E-state index is 5.81. The van der Waals surface area contributed by atoms with Gasteiger partial charge in [-0.15, -0.1) is 0 Å². The Labute approximate surface area is 158 Å². The summed E-state index contributed by atoms with van der Waals surface area (Å²) in [5.41, 5.74) is 1.55. The van der Waals surface area contributed by atoms with Gasteiger partial charge in [-0.05, 0) is 23.0 Å². The Balaban J connectivity index is 1.90. The summed E-state index contributed by atoms with van der Waals surface area (Å²) in [6.45, 7) is 14.2. The quantitative estimate of drug-likeness (QED) is 0.736. The van der Waals surface area contributed by atoms with Crippen molar-refractivity contribution in [2.24, 2.45) is 20.8 Å². The lowest BCUT2D eigenvalue weighted by Crippen LogP contribution is -2.25. The lowest BCUT2D eigenvalue weighted by Gasteiger charge is -2.21. The normalized spacial score (nSPS) is 23.8. The van der Waals surface area contributed by atoms with Crippen molar-refractivity contribution in [1.82, 2.24) is 4.98 Å². The first-order valence-electron chi connectivity index (χ1n) is 8.63. The zero-order chi connectivity index (χ0) is 18.4. The van der Waals surface area contributed by atoms with Crippen molar-refractivity contribution in [1.29, 1.82) is 0 Å². The van der Waals surface area contributed by atoms with E-state index in [2.05, 4.69) is 62.5 Å². The fraction of sp³-hybridized carbons (Fsp3) is 0.632. The van der Waals surface area contributed by atoms with Crippen LogP contribution in [-0.2, 0) is 9.47 Å². The van der Waals surface area contributed by atoms with Gasteiger partial charge >= 0.3 is 0 Å². The summed E-state index contributed by atoms with van der Waals surface area (Å²) >= 11 is 3.56. The van der Waals surface area contributed by atoms with Gasteiger partial charge in [-0.1, -0.05) is 57.5 Å². The molecule has 3 heterocycles. The van der Waals surface area contributed by atoms with Gasteiger partial charge in [-0.2, -0.15) is 0 Å². The number of nitrogens with zero attached hydrogens (tertiary/aromatic N) is 3. The van der Waals surface area contributed by atoms with Gasteiger partial charge in [0.25, 0.3) is 0 Å². The molecule has 0 saturated heterocycles. The highest BCUT2D eigenvalue weighted by Crippen LogP contribution is 2.29. The Morgan fingerprint density at radius 1 is 0.840 bits per heavy atom. The highest BCUT2D eigenvalue weighted by Gasteiger charge is 2.33. The summed E-state index contributed by atoms with van der Waals surface area (Å²) in [4.78, 5) is 14.1. The van der Waals surface area contributed by atoms with Crippen molar-refractivity contribution in [2.75, 3.05) is 13.2 Å². The molecule has 1 aromatic heterocycles. The van der Waals surface area contributed by atoms with Gasteiger partial charge in [0.2, 0.25) is 11.8 Å². The van der Waals surface area contributed by atoms with Crippen molar-refractivity contribution in [3.63, 3.8) is 0 Å². The Morgan fingerprint density at radius 2 is 1.24 bits per heavy atom. The van der Waals surface area contributed by atoms with Crippen LogP contribution >= 0.6 is 15.9 Å². The molecule has 6 heteroatoms. The minimum absolute atomic E-state index is 0.0647. The van der Waals surface area contributed by atoms with Gasteiger partial charge in [-0.3, -0.25) is 0 Å². The molecule has 25 heavy (non-hydrogen) atoms. The molecule has 0 spiro atoms. The molecule has 0 aromatic carbocycles. The summed E-state index contributed by atoms with van der Waals surface area (Å²) in [5, 5.41) is 0. The third-order valence-electron chi connectivity index (χ3n) is 4.53. The van der Waals surface area contributed by atoms with E-state index in [1.807, 2.05) is 12.1 Å². The number of rotatable bonds is 2. The van der Waals surface area contributed by atoms with Gasteiger partial charge in [0, 0.05) is 4.47 Å². The Hall–Kier alpha value is -1.43. The third-order valence-corrected chi connectivity index (χ3v) is 4.99. The average Bonchev–Trinajstić information content (AvgIpc) is 3.15. The van der Waals surface area contributed by atoms with Crippen LogP contribution in [0.4, 0.5) is 0 Å². The van der Waals surface area contributed by atoms with Crippen LogP contribution in [-0.4, -0.2) is 42.1 Å². The third kappa shape index (κ3) is 4.05. The minimum atomic E-state index is 0.0647. The summed E-state index contributed by atoms with van der Waals surface area (Å²) in [5.74, 6) is 1.18. The molecule has 0 aliphatic carbocycles. The average molecular weight is 408 g/mol. The van der Waals surface area contributed by atoms with Crippen molar-refractivity contribution in [3.8, 4) is 0 Å². The van der Waals surface area contributed by atoms with Crippen LogP contribution in [0.15, 0.2) is 26.6 Å². The summed E-state index contributed by atoms with van der Waals surface area (Å²) in [6.07, 6.45) is 0. The first-order valence-corrected chi connectivity index (χ1v) is 9.43. The molecule has 0 radical (unpaired) electrons. The number of halogens is 1. The van der Waals surface area contributed by atoms with Crippen LogP contribution in [0.3, 0.4) is 0 Å². The Morgan fingerprint density at radius 3 is 1.56 bits per heavy atom. The summed E-state index contributed by atoms with van der Waals surface area (Å²) < 4.78 is 12.5. The first-order chi connectivity index (χ1) is 11.5. The van der Waals surface area contributed by atoms with Crippen LogP contribution in [0, 0.1) is 10.8 Å².